The molecule has 1 aromatic heterocycles. The number of benzene rings is 1. The largest absolute Gasteiger partial charge is 0.477 e. The Balaban J connectivity index is 1.97. The predicted octanol–water partition coefficient (Wildman–Crippen LogP) is 2.20. The van der Waals surface area contributed by atoms with Crippen LogP contribution in [0.3, 0.4) is 0 Å². The molecule has 0 fully saturated rings. The van der Waals surface area contributed by atoms with Gasteiger partial charge in [-0.3, -0.25) is 0 Å². The molecule has 0 radical (unpaired) electrons. The number of aromatic nitrogens is 2. The number of carboxylic acid groups (broad SMARTS) is 1. The molecule has 0 saturated carbocycles. The number of aryl methyl sites for hydroxylation is 1. The minimum atomic E-state index is -1.05. The van der Waals surface area contributed by atoms with Crippen LogP contribution in [0, 0.1) is 6.92 Å². The second-order valence-electron chi connectivity index (χ2n) is 4.10. The molecule has 0 amide bonds. The van der Waals surface area contributed by atoms with Gasteiger partial charge >= 0.3 is 5.97 Å². The summed E-state index contributed by atoms with van der Waals surface area (Å²) < 4.78 is 5.46. The van der Waals surface area contributed by atoms with Crippen molar-refractivity contribution in [1.29, 1.82) is 0 Å². The molecule has 19 heavy (non-hydrogen) atoms. The molecule has 98 valence electrons. The van der Waals surface area contributed by atoms with Crippen LogP contribution in [0.15, 0.2) is 36.5 Å². The SMILES string of the molecule is Cc1cnc(COCc2ccccc2)nc1C(=O)O. The lowest BCUT2D eigenvalue weighted by Gasteiger charge is -2.05. The summed E-state index contributed by atoms with van der Waals surface area (Å²) in [6.45, 7) is 2.30. The van der Waals surface area contributed by atoms with Crippen LogP contribution in [0.2, 0.25) is 0 Å². The highest BCUT2D eigenvalue weighted by Gasteiger charge is 2.10. The van der Waals surface area contributed by atoms with Crippen molar-refractivity contribution in [1.82, 2.24) is 9.97 Å². The lowest BCUT2D eigenvalue weighted by Crippen LogP contribution is -2.08. The Morgan fingerprint density at radius 3 is 2.68 bits per heavy atom. The van der Waals surface area contributed by atoms with Crippen molar-refractivity contribution in [2.24, 2.45) is 0 Å². The number of rotatable bonds is 5. The Hall–Kier alpha value is -2.27. The van der Waals surface area contributed by atoms with Crippen molar-refractivity contribution in [3.05, 3.63) is 59.2 Å². The lowest BCUT2D eigenvalue weighted by molar-refractivity contribution is 0.0686. The van der Waals surface area contributed by atoms with E-state index in [2.05, 4.69) is 9.97 Å². The average molecular weight is 258 g/mol. The topological polar surface area (TPSA) is 72.3 Å². The van der Waals surface area contributed by atoms with Crippen molar-refractivity contribution in [3.63, 3.8) is 0 Å². The number of carbonyl (C=O) groups is 1. The first-order valence-corrected chi connectivity index (χ1v) is 5.84. The third-order valence-electron chi connectivity index (χ3n) is 2.57. The van der Waals surface area contributed by atoms with Gasteiger partial charge in [-0.15, -0.1) is 0 Å². The number of ether oxygens (including phenoxy) is 1. The van der Waals surface area contributed by atoms with Gasteiger partial charge in [0.15, 0.2) is 11.5 Å². The van der Waals surface area contributed by atoms with E-state index >= 15 is 0 Å². The van der Waals surface area contributed by atoms with E-state index in [1.165, 1.54) is 6.20 Å². The van der Waals surface area contributed by atoms with Gasteiger partial charge in [0, 0.05) is 11.8 Å². The Bertz CT molecular complexity index is 570. The second kappa shape index (κ2) is 6.06. The van der Waals surface area contributed by atoms with E-state index in [0.29, 0.717) is 18.0 Å². The maximum absolute atomic E-state index is 10.9. The highest BCUT2D eigenvalue weighted by molar-refractivity contribution is 5.86. The third kappa shape index (κ3) is 3.59. The van der Waals surface area contributed by atoms with Gasteiger partial charge in [-0.1, -0.05) is 30.3 Å². The zero-order valence-corrected chi connectivity index (χ0v) is 10.5. The molecule has 1 N–H and O–H groups in total. The fourth-order valence-corrected chi connectivity index (χ4v) is 1.60. The van der Waals surface area contributed by atoms with Crippen LogP contribution in [0.1, 0.15) is 27.4 Å². The summed E-state index contributed by atoms with van der Waals surface area (Å²) in [6, 6.07) is 9.72. The van der Waals surface area contributed by atoms with E-state index in [1.807, 2.05) is 30.3 Å². The highest BCUT2D eigenvalue weighted by atomic mass is 16.5. The summed E-state index contributed by atoms with van der Waals surface area (Å²) in [7, 11) is 0. The number of aromatic carboxylic acids is 1. The Morgan fingerprint density at radius 1 is 1.26 bits per heavy atom. The Kier molecular flexibility index (Phi) is 4.20. The van der Waals surface area contributed by atoms with Gasteiger partial charge in [-0.25, -0.2) is 14.8 Å². The molecule has 2 rings (SSSR count). The average Bonchev–Trinajstić information content (AvgIpc) is 2.41. The lowest BCUT2D eigenvalue weighted by atomic mass is 10.2. The van der Waals surface area contributed by atoms with Gasteiger partial charge < -0.3 is 9.84 Å². The second-order valence-corrected chi connectivity index (χ2v) is 4.10. The summed E-state index contributed by atoms with van der Waals surface area (Å²) in [5.41, 5.74) is 1.61. The quantitative estimate of drug-likeness (QED) is 0.890. The predicted molar refractivity (Wildman–Crippen MR) is 68.7 cm³/mol. The third-order valence-corrected chi connectivity index (χ3v) is 2.57. The molecule has 0 atom stereocenters. The Labute approximate surface area is 110 Å². The van der Waals surface area contributed by atoms with Crippen LogP contribution in [0.4, 0.5) is 0 Å². The molecule has 5 heteroatoms. The van der Waals surface area contributed by atoms with E-state index in [-0.39, 0.29) is 12.3 Å². The van der Waals surface area contributed by atoms with Crippen LogP contribution >= 0.6 is 0 Å². The van der Waals surface area contributed by atoms with Crippen molar-refractivity contribution < 1.29 is 14.6 Å². The van der Waals surface area contributed by atoms with E-state index in [0.717, 1.165) is 5.56 Å². The van der Waals surface area contributed by atoms with E-state index in [4.69, 9.17) is 9.84 Å². The van der Waals surface area contributed by atoms with Gasteiger partial charge in [0.2, 0.25) is 0 Å². The zero-order chi connectivity index (χ0) is 13.7. The van der Waals surface area contributed by atoms with Crippen LogP contribution in [0.5, 0.6) is 0 Å². The monoisotopic (exact) mass is 258 g/mol. The number of carboxylic acids is 1. The van der Waals surface area contributed by atoms with Gasteiger partial charge in [0.25, 0.3) is 0 Å². The normalized spacial score (nSPS) is 10.4. The molecular weight excluding hydrogens is 244 g/mol. The molecule has 5 nitrogen and oxygen atoms in total. The van der Waals surface area contributed by atoms with E-state index < -0.39 is 5.97 Å². The van der Waals surface area contributed by atoms with Crippen LogP contribution in [0.25, 0.3) is 0 Å². The van der Waals surface area contributed by atoms with Gasteiger partial charge in [-0.2, -0.15) is 0 Å². The molecule has 0 spiro atoms. The van der Waals surface area contributed by atoms with Crippen molar-refractivity contribution in [2.45, 2.75) is 20.1 Å². The molecule has 0 bridgehead atoms. The maximum Gasteiger partial charge on any atom is 0.354 e. The number of hydrogen-bond acceptors (Lipinski definition) is 4. The summed E-state index contributed by atoms with van der Waals surface area (Å²) in [5, 5.41) is 8.96. The standard InChI is InChI=1S/C14H14N2O3/c1-10-7-15-12(16-13(10)14(17)18)9-19-8-11-5-3-2-4-6-11/h2-7H,8-9H2,1H3,(H,17,18). The van der Waals surface area contributed by atoms with E-state index in [1.54, 1.807) is 6.92 Å². The molecule has 1 heterocycles. The summed E-state index contributed by atoms with van der Waals surface area (Å²) in [6.07, 6.45) is 1.50. The van der Waals surface area contributed by atoms with Crippen molar-refractivity contribution >= 4 is 5.97 Å². The van der Waals surface area contributed by atoms with Gasteiger partial charge in [0.1, 0.15) is 6.61 Å². The first-order valence-electron chi connectivity index (χ1n) is 5.84. The summed E-state index contributed by atoms with van der Waals surface area (Å²) >= 11 is 0. The fourth-order valence-electron chi connectivity index (χ4n) is 1.60. The minimum Gasteiger partial charge on any atom is -0.477 e. The summed E-state index contributed by atoms with van der Waals surface area (Å²) in [4.78, 5) is 19.0. The molecule has 0 saturated heterocycles. The van der Waals surface area contributed by atoms with Gasteiger partial charge in [0.05, 0.1) is 6.61 Å². The molecular formula is C14H14N2O3. The minimum absolute atomic E-state index is 0.0216. The van der Waals surface area contributed by atoms with Crippen LogP contribution < -0.4 is 0 Å². The smallest absolute Gasteiger partial charge is 0.354 e. The Morgan fingerprint density at radius 2 is 2.00 bits per heavy atom. The molecule has 2 aromatic rings. The van der Waals surface area contributed by atoms with Gasteiger partial charge in [-0.05, 0) is 12.5 Å². The zero-order valence-electron chi connectivity index (χ0n) is 10.5. The first-order chi connectivity index (χ1) is 9.16. The first kappa shape index (κ1) is 13.2. The van der Waals surface area contributed by atoms with Crippen molar-refractivity contribution in [3.8, 4) is 0 Å². The number of hydrogen-bond donors (Lipinski definition) is 1. The molecule has 0 aliphatic heterocycles. The van der Waals surface area contributed by atoms with E-state index in [9.17, 15) is 4.79 Å². The molecule has 0 aliphatic carbocycles. The summed E-state index contributed by atoms with van der Waals surface area (Å²) in [5.74, 6) is -0.678. The maximum atomic E-state index is 10.9. The number of nitrogens with zero attached hydrogens (tertiary/aromatic N) is 2. The molecule has 0 aliphatic rings. The van der Waals surface area contributed by atoms with Crippen LogP contribution in [-0.2, 0) is 18.0 Å². The van der Waals surface area contributed by atoms with Crippen LogP contribution in [-0.4, -0.2) is 21.0 Å². The highest BCUT2D eigenvalue weighted by Crippen LogP contribution is 2.06. The molecule has 0 unspecified atom stereocenters. The van der Waals surface area contributed by atoms with Crippen molar-refractivity contribution in [2.75, 3.05) is 0 Å². The fraction of sp³-hybridized carbons (Fsp3) is 0.214. The molecule has 1 aromatic carbocycles.